The van der Waals surface area contributed by atoms with Gasteiger partial charge in [-0.3, -0.25) is 19.6 Å². The van der Waals surface area contributed by atoms with Crippen molar-refractivity contribution >= 4 is 61.5 Å². The highest BCUT2D eigenvalue weighted by molar-refractivity contribution is 14.1. The van der Waals surface area contributed by atoms with Crippen LogP contribution in [0.2, 0.25) is 5.02 Å². The number of sulfonamides is 1. The Labute approximate surface area is 250 Å². The van der Waals surface area contributed by atoms with Crippen LogP contribution in [-0.4, -0.2) is 30.9 Å². The molecule has 2 aromatic carbocycles. The molecular formula is C28H25ClIN5O4S. The zero-order chi connectivity index (χ0) is 28.1. The van der Waals surface area contributed by atoms with E-state index >= 15 is 0 Å². The fourth-order valence-electron chi connectivity index (χ4n) is 3.94. The predicted molar refractivity (Wildman–Crippen MR) is 161 cm³/mol. The molecular weight excluding hydrogens is 665 g/mol. The molecule has 3 N–H and O–H groups in total. The fourth-order valence-corrected chi connectivity index (χ4v) is 6.08. The summed E-state index contributed by atoms with van der Waals surface area (Å²) >= 11 is 8.58. The monoisotopic (exact) mass is 689 g/mol. The summed E-state index contributed by atoms with van der Waals surface area (Å²) in [4.78, 5) is 26.6. The third-order valence-electron chi connectivity index (χ3n) is 6.24. The van der Waals surface area contributed by atoms with E-state index in [2.05, 4.69) is 48.1 Å². The summed E-state index contributed by atoms with van der Waals surface area (Å²) in [6, 6.07) is 15.9. The molecule has 1 fully saturated rings. The molecule has 1 amide bonds. The standard InChI is InChI=1S/C28H25ClIN5O4S/c29-24-13-21(30)7-10-25(24)33-26-14-22(8-9-23(26)28(36)34-39-17-18-5-6-18)40(37,38)35-27(19-3-1-11-31-15-19)20-4-2-12-32-16-20/h1-4,7-16,18,27,33,35H,5-6,17H2,(H,34,36). The molecule has 1 aliphatic rings. The molecule has 0 aliphatic heterocycles. The van der Waals surface area contributed by atoms with Crippen molar-refractivity contribution in [2.24, 2.45) is 5.92 Å². The van der Waals surface area contributed by atoms with Gasteiger partial charge in [0.15, 0.2) is 0 Å². The number of pyridine rings is 2. The molecule has 2 aromatic heterocycles. The average Bonchev–Trinajstić information content (AvgIpc) is 3.78. The number of nitrogens with one attached hydrogen (secondary N) is 3. The molecule has 0 bridgehead atoms. The van der Waals surface area contributed by atoms with Crippen LogP contribution in [-0.2, 0) is 14.9 Å². The molecule has 0 radical (unpaired) electrons. The van der Waals surface area contributed by atoms with E-state index in [9.17, 15) is 13.2 Å². The molecule has 4 aromatic rings. The minimum atomic E-state index is -4.09. The predicted octanol–water partition coefficient (Wildman–Crippen LogP) is 5.62. The van der Waals surface area contributed by atoms with Crippen molar-refractivity contribution in [1.29, 1.82) is 0 Å². The number of benzene rings is 2. The minimum absolute atomic E-state index is 0.0511. The van der Waals surface area contributed by atoms with E-state index in [1.807, 2.05) is 6.07 Å². The largest absolute Gasteiger partial charge is 0.354 e. The smallest absolute Gasteiger partial charge is 0.276 e. The van der Waals surface area contributed by atoms with Crippen LogP contribution in [0, 0.1) is 9.49 Å². The van der Waals surface area contributed by atoms with Gasteiger partial charge in [-0.25, -0.2) is 13.9 Å². The Morgan fingerprint density at radius 3 is 2.30 bits per heavy atom. The van der Waals surface area contributed by atoms with Crippen LogP contribution in [0.5, 0.6) is 0 Å². The molecule has 1 aliphatic carbocycles. The third-order valence-corrected chi connectivity index (χ3v) is 8.64. The van der Waals surface area contributed by atoms with E-state index in [-0.39, 0.29) is 16.1 Å². The van der Waals surface area contributed by atoms with E-state index in [0.717, 1.165) is 16.4 Å². The summed E-state index contributed by atoms with van der Waals surface area (Å²) in [6.45, 7) is 0.428. The lowest BCUT2D eigenvalue weighted by molar-refractivity contribution is 0.0271. The van der Waals surface area contributed by atoms with Gasteiger partial charge < -0.3 is 5.32 Å². The zero-order valence-electron chi connectivity index (χ0n) is 21.1. The van der Waals surface area contributed by atoms with Gasteiger partial charge in [-0.2, -0.15) is 4.72 Å². The second-order valence-electron chi connectivity index (χ2n) is 9.27. The van der Waals surface area contributed by atoms with Crippen LogP contribution in [0.25, 0.3) is 0 Å². The molecule has 0 spiro atoms. The number of hydrogen-bond donors (Lipinski definition) is 3. The Morgan fingerprint density at radius 2 is 1.70 bits per heavy atom. The Balaban J connectivity index is 1.48. The van der Waals surface area contributed by atoms with E-state index < -0.39 is 22.0 Å². The van der Waals surface area contributed by atoms with Crippen molar-refractivity contribution in [3.8, 4) is 0 Å². The van der Waals surface area contributed by atoms with Crippen LogP contribution in [0.15, 0.2) is 90.3 Å². The SMILES string of the molecule is O=C(NOCC1CC1)c1ccc(S(=O)(=O)NC(c2cccnc2)c2cccnc2)cc1Nc1ccc(I)cc1Cl. The third kappa shape index (κ3) is 7.15. The van der Waals surface area contributed by atoms with Gasteiger partial charge in [0, 0.05) is 28.4 Å². The van der Waals surface area contributed by atoms with Gasteiger partial charge in [0.25, 0.3) is 5.91 Å². The first-order valence-electron chi connectivity index (χ1n) is 12.4. The Kier molecular flexibility index (Phi) is 8.96. The van der Waals surface area contributed by atoms with Crippen molar-refractivity contribution in [3.05, 3.63) is 111 Å². The van der Waals surface area contributed by atoms with E-state index in [1.54, 1.807) is 61.2 Å². The second kappa shape index (κ2) is 12.6. The number of hydroxylamine groups is 1. The van der Waals surface area contributed by atoms with Crippen molar-refractivity contribution in [2.45, 2.75) is 23.8 Å². The summed E-state index contributed by atoms with van der Waals surface area (Å²) in [5, 5.41) is 3.55. The number of hydrogen-bond acceptors (Lipinski definition) is 7. The van der Waals surface area contributed by atoms with Gasteiger partial charge >= 0.3 is 0 Å². The maximum Gasteiger partial charge on any atom is 0.276 e. The summed E-state index contributed by atoms with van der Waals surface area (Å²) in [7, 11) is -4.09. The average molecular weight is 690 g/mol. The van der Waals surface area contributed by atoms with Gasteiger partial charge in [-0.15, -0.1) is 0 Å². The van der Waals surface area contributed by atoms with Crippen molar-refractivity contribution < 1.29 is 18.0 Å². The van der Waals surface area contributed by atoms with Gasteiger partial charge in [0.2, 0.25) is 10.0 Å². The van der Waals surface area contributed by atoms with E-state index in [0.29, 0.717) is 34.4 Å². The Bertz CT molecular complexity index is 1570. The zero-order valence-corrected chi connectivity index (χ0v) is 24.8. The van der Waals surface area contributed by atoms with Gasteiger partial charge in [0.05, 0.1) is 39.5 Å². The van der Waals surface area contributed by atoms with Gasteiger partial charge in [-0.1, -0.05) is 23.7 Å². The first kappa shape index (κ1) is 28.4. The van der Waals surface area contributed by atoms with Crippen LogP contribution in [0.4, 0.5) is 11.4 Å². The van der Waals surface area contributed by atoms with E-state index in [1.165, 1.54) is 18.2 Å². The number of anilines is 2. The van der Waals surface area contributed by atoms with Crippen LogP contribution in [0.1, 0.15) is 40.4 Å². The normalized spacial score (nSPS) is 13.3. The summed E-state index contributed by atoms with van der Waals surface area (Å²) in [5.74, 6) is -0.0556. The number of nitrogens with zero attached hydrogens (tertiary/aromatic N) is 2. The maximum absolute atomic E-state index is 13.7. The highest BCUT2D eigenvalue weighted by atomic mass is 127. The Morgan fingerprint density at radius 1 is 1.00 bits per heavy atom. The molecule has 1 saturated carbocycles. The van der Waals surface area contributed by atoms with Crippen molar-refractivity contribution in [1.82, 2.24) is 20.2 Å². The highest BCUT2D eigenvalue weighted by Gasteiger charge is 2.26. The van der Waals surface area contributed by atoms with Gasteiger partial charge in [-0.05, 0) is 101 Å². The summed E-state index contributed by atoms with van der Waals surface area (Å²) in [6.07, 6.45) is 8.58. The minimum Gasteiger partial charge on any atom is -0.354 e. The quantitative estimate of drug-likeness (QED) is 0.138. The number of carbonyl (C=O) groups is 1. The molecule has 40 heavy (non-hydrogen) atoms. The van der Waals surface area contributed by atoms with Crippen molar-refractivity contribution in [2.75, 3.05) is 11.9 Å². The Hall–Kier alpha value is -3.10. The molecule has 0 unspecified atom stereocenters. The van der Waals surface area contributed by atoms with Crippen LogP contribution in [0.3, 0.4) is 0 Å². The number of aromatic nitrogens is 2. The molecule has 206 valence electrons. The topological polar surface area (TPSA) is 122 Å². The lowest BCUT2D eigenvalue weighted by atomic mass is 10.0. The molecule has 5 rings (SSSR count). The van der Waals surface area contributed by atoms with Crippen molar-refractivity contribution in [3.63, 3.8) is 0 Å². The lowest BCUT2D eigenvalue weighted by Crippen LogP contribution is -2.30. The highest BCUT2D eigenvalue weighted by Crippen LogP contribution is 2.32. The van der Waals surface area contributed by atoms with Crippen LogP contribution >= 0.6 is 34.2 Å². The first-order valence-corrected chi connectivity index (χ1v) is 15.3. The number of carbonyl (C=O) groups excluding carboxylic acids is 1. The van der Waals surface area contributed by atoms with Gasteiger partial charge in [0.1, 0.15) is 0 Å². The number of halogens is 2. The molecule has 12 heteroatoms. The van der Waals surface area contributed by atoms with Crippen LogP contribution < -0.4 is 15.5 Å². The number of amides is 1. The molecule has 0 saturated heterocycles. The fraction of sp³-hybridized carbons (Fsp3) is 0.179. The molecule has 2 heterocycles. The molecule has 9 nitrogen and oxygen atoms in total. The molecule has 0 atom stereocenters. The summed E-state index contributed by atoms with van der Waals surface area (Å²) in [5.41, 5.74) is 4.71. The lowest BCUT2D eigenvalue weighted by Gasteiger charge is -2.20. The number of rotatable bonds is 11. The maximum atomic E-state index is 13.7. The second-order valence-corrected chi connectivity index (χ2v) is 12.6. The first-order chi connectivity index (χ1) is 19.3. The summed E-state index contributed by atoms with van der Waals surface area (Å²) < 4.78 is 31.1. The van der Waals surface area contributed by atoms with E-state index in [4.69, 9.17) is 16.4 Å².